The molecule has 0 saturated heterocycles. The summed E-state index contributed by atoms with van der Waals surface area (Å²) in [6, 6.07) is 8.17. The monoisotopic (exact) mass is 330 g/mol. The van der Waals surface area contributed by atoms with Gasteiger partial charge in [-0.1, -0.05) is 37.7 Å². The van der Waals surface area contributed by atoms with Crippen LogP contribution in [0.3, 0.4) is 0 Å². The first-order valence-corrected chi connectivity index (χ1v) is 8.31. The molecule has 0 bridgehead atoms. The van der Waals surface area contributed by atoms with E-state index in [2.05, 4.69) is 46.4 Å². The third-order valence-corrected chi connectivity index (χ3v) is 4.32. The van der Waals surface area contributed by atoms with Gasteiger partial charge in [0.1, 0.15) is 0 Å². The van der Waals surface area contributed by atoms with Crippen LogP contribution in [0.1, 0.15) is 49.3 Å². The molecule has 3 rings (SSSR count). The molecule has 0 spiro atoms. The second-order valence-corrected chi connectivity index (χ2v) is 6.86. The van der Waals surface area contributed by atoms with Gasteiger partial charge in [-0.05, 0) is 30.5 Å². The van der Waals surface area contributed by atoms with E-state index in [4.69, 9.17) is 8.83 Å². The van der Waals surface area contributed by atoms with Crippen LogP contribution in [-0.4, -0.2) is 20.4 Å². The molecule has 0 aliphatic rings. The van der Waals surface area contributed by atoms with Crippen molar-refractivity contribution in [1.29, 1.82) is 0 Å². The number of thioether (sulfide) groups is 1. The Morgan fingerprint density at radius 2 is 1.65 bits per heavy atom. The molecule has 6 nitrogen and oxygen atoms in total. The number of nitrogens with zero attached hydrogens (tertiary/aromatic N) is 4. The molecule has 0 saturated carbocycles. The largest absolute Gasteiger partial charge is 0.424 e. The second-order valence-electron chi connectivity index (χ2n) is 5.57. The zero-order chi connectivity index (χ0) is 16.4. The number of benzene rings is 1. The van der Waals surface area contributed by atoms with Crippen LogP contribution in [0.25, 0.3) is 11.5 Å². The van der Waals surface area contributed by atoms with Crippen molar-refractivity contribution in [3.63, 3.8) is 0 Å². The molecule has 0 aliphatic heterocycles. The quantitative estimate of drug-likeness (QED) is 0.641. The Balaban J connectivity index is 1.72. The molecule has 1 aromatic carbocycles. The molecule has 1 unspecified atom stereocenters. The first kappa shape index (κ1) is 15.7. The smallest absolute Gasteiger partial charge is 0.277 e. The van der Waals surface area contributed by atoms with E-state index in [1.807, 2.05) is 19.1 Å². The van der Waals surface area contributed by atoms with Gasteiger partial charge in [-0.3, -0.25) is 0 Å². The Morgan fingerprint density at radius 3 is 2.26 bits per heavy atom. The molecule has 0 amide bonds. The van der Waals surface area contributed by atoms with Gasteiger partial charge < -0.3 is 8.83 Å². The lowest BCUT2D eigenvalue weighted by Gasteiger charge is -2.04. The number of hydrogen-bond acceptors (Lipinski definition) is 7. The van der Waals surface area contributed by atoms with Crippen LogP contribution >= 0.6 is 11.8 Å². The molecule has 2 heterocycles. The van der Waals surface area contributed by atoms with E-state index < -0.39 is 0 Å². The van der Waals surface area contributed by atoms with Crippen LogP contribution in [0.15, 0.2) is 38.3 Å². The lowest BCUT2D eigenvalue weighted by Crippen LogP contribution is -1.88. The Kier molecular flexibility index (Phi) is 4.47. The fraction of sp³-hybridized carbons (Fsp3) is 0.375. The van der Waals surface area contributed by atoms with Crippen molar-refractivity contribution < 1.29 is 8.83 Å². The summed E-state index contributed by atoms with van der Waals surface area (Å²) in [4.78, 5) is 0. The number of aryl methyl sites for hydroxylation is 1. The Labute approximate surface area is 138 Å². The first-order valence-electron chi connectivity index (χ1n) is 7.43. The lowest BCUT2D eigenvalue weighted by molar-refractivity contribution is 0.454. The highest BCUT2D eigenvalue weighted by molar-refractivity contribution is 7.99. The molecule has 7 heteroatoms. The van der Waals surface area contributed by atoms with Crippen molar-refractivity contribution in [2.24, 2.45) is 0 Å². The molecule has 0 N–H and O–H groups in total. The normalized spacial score (nSPS) is 12.7. The van der Waals surface area contributed by atoms with Crippen molar-refractivity contribution in [3.8, 4) is 11.5 Å². The lowest BCUT2D eigenvalue weighted by atomic mass is 10.0. The Hall–Kier alpha value is -2.15. The van der Waals surface area contributed by atoms with Crippen LogP contribution in [0.4, 0.5) is 0 Å². The number of aromatic nitrogens is 4. The summed E-state index contributed by atoms with van der Waals surface area (Å²) in [5, 5.41) is 16.5. The minimum Gasteiger partial charge on any atom is -0.424 e. The minimum atomic E-state index is -0.0483. The SMILES string of the molecule is Cc1nnc(C(C)Sc2nnc(-c3ccc(C(C)C)cc3)o2)o1. The van der Waals surface area contributed by atoms with Gasteiger partial charge >= 0.3 is 0 Å². The van der Waals surface area contributed by atoms with Gasteiger partial charge in [0.25, 0.3) is 5.22 Å². The van der Waals surface area contributed by atoms with Gasteiger partial charge in [-0.25, -0.2) is 0 Å². The summed E-state index contributed by atoms with van der Waals surface area (Å²) in [6.07, 6.45) is 0. The topological polar surface area (TPSA) is 77.8 Å². The molecule has 2 aromatic heterocycles. The third kappa shape index (κ3) is 3.61. The van der Waals surface area contributed by atoms with Gasteiger partial charge in [0, 0.05) is 12.5 Å². The first-order chi connectivity index (χ1) is 11.0. The van der Waals surface area contributed by atoms with E-state index in [0.29, 0.717) is 28.8 Å². The summed E-state index contributed by atoms with van der Waals surface area (Å²) in [5.74, 6) is 2.10. The average molecular weight is 330 g/mol. The van der Waals surface area contributed by atoms with Crippen molar-refractivity contribution >= 4 is 11.8 Å². The summed E-state index contributed by atoms with van der Waals surface area (Å²) in [6.45, 7) is 8.05. The Morgan fingerprint density at radius 1 is 0.913 bits per heavy atom. The summed E-state index contributed by atoms with van der Waals surface area (Å²) in [7, 11) is 0. The van der Waals surface area contributed by atoms with Gasteiger partial charge in [0.2, 0.25) is 17.7 Å². The molecule has 0 radical (unpaired) electrons. The summed E-state index contributed by atoms with van der Waals surface area (Å²) < 4.78 is 11.1. The van der Waals surface area contributed by atoms with Gasteiger partial charge in [0.05, 0.1) is 5.25 Å². The highest BCUT2D eigenvalue weighted by atomic mass is 32.2. The maximum Gasteiger partial charge on any atom is 0.277 e. The summed E-state index contributed by atoms with van der Waals surface area (Å²) in [5.41, 5.74) is 2.19. The van der Waals surface area contributed by atoms with Gasteiger partial charge in [-0.2, -0.15) is 0 Å². The van der Waals surface area contributed by atoms with Crippen molar-refractivity contribution in [2.75, 3.05) is 0 Å². The molecule has 1 atom stereocenters. The van der Waals surface area contributed by atoms with E-state index in [1.54, 1.807) is 6.92 Å². The van der Waals surface area contributed by atoms with E-state index >= 15 is 0 Å². The highest BCUT2D eigenvalue weighted by Crippen LogP contribution is 2.34. The third-order valence-electron chi connectivity index (χ3n) is 3.40. The fourth-order valence-corrected chi connectivity index (χ4v) is 2.78. The second kappa shape index (κ2) is 6.54. The predicted octanol–water partition coefficient (Wildman–Crippen LogP) is 4.40. The maximum absolute atomic E-state index is 5.72. The molecule has 3 aromatic rings. The maximum atomic E-state index is 5.72. The van der Waals surface area contributed by atoms with Crippen molar-refractivity contribution in [3.05, 3.63) is 41.6 Å². The fourth-order valence-electron chi connectivity index (χ4n) is 2.06. The van der Waals surface area contributed by atoms with Crippen molar-refractivity contribution in [2.45, 2.75) is 44.1 Å². The highest BCUT2D eigenvalue weighted by Gasteiger charge is 2.18. The van der Waals surface area contributed by atoms with Crippen LogP contribution in [-0.2, 0) is 0 Å². The number of hydrogen-bond donors (Lipinski definition) is 0. The van der Waals surface area contributed by atoms with Crippen LogP contribution in [0.2, 0.25) is 0 Å². The summed E-state index contributed by atoms with van der Waals surface area (Å²) >= 11 is 1.40. The standard InChI is InChI=1S/C16H18N4O2S/c1-9(2)12-5-7-13(8-6-12)15-19-20-16(22-15)23-10(3)14-18-17-11(4)21-14/h5-10H,1-4H3. The minimum absolute atomic E-state index is 0.0483. The zero-order valence-corrected chi connectivity index (χ0v) is 14.3. The zero-order valence-electron chi connectivity index (χ0n) is 13.5. The molecule has 0 aliphatic carbocycles. The molecular weight excluding hydrogens is 312 g/mol. The molecule has 23 heavy (non-hydrogen) atoms. The van der Waals surface area contributed by atoms with E-state index in [1.165, 1.54) is 17.3 Å². The van der Waals surface area contributed by atoms with E-state index in [9.17, 15) is 0 Å². The Bertz CT molecular complexity index is 779. The molecule has 120 valence electrons. The van der Waals surface area contributed by atoms with E-state index in [0.717, 1.165) is 5.56 Å². The van der Waals surface area contributed by atoms with Gasteiger partial charge in [-0.15, -0.1) is 20.4 Å². The van der Waals surface area contributed by atoms with Crippen LogP contribution < -0.4 is 0 Å². The van der Waals surface area contributed by atoms with Gasteiger partial charge in [0.15, 0.2) is 0 Å². The molecular formula is C16H18N4O2S. The number of rotatable bonds is 5. The average Bonchev–Trinajstić information content (AvgIpc) is 3.16. The predicted molar refractivity (Wildman–Crippen MR) is 87.1 cm³/mol. The van der Waals surface area contributed by atoms with Crippen LogP contribution in [0, 0.1) is 6.92 Å². The van der Waals surface area contributed by atoms with E-state index in [-0.39, 0.29) is 5.25 Å². The van der Waals surface area contributed by atoms with Crippen molar-refractivity contribution in [1.82, 2.24) is 20.4 Å². The van der Waals surface area contributed by atoms with Crippen LogP contribution in [0.5, 0.6) is 0 Å². The molecule has 0 fully saturated rings.